The van der Waals surface area contributed by atoms with Gasteiger partial charge in [0.05, 0.1) is 5.92 Å². The van der Waals surface area contributed by atoms with Gasteiger partial charge in [0.2, 0.25) is 5.91 Å². The van der Waals surface area contributed by atoms with Crippen LogP contribution < -0.4 is 4.90 Å². The van der Waals surface area contributed by atoms with Crippen LogP contribution in [-0.2, 0) is 9.59 Å². The van der Waals surface area contributed by atoms with E-state index < -0.39 is 17.7 Å². The fourth-order valence-electron chi connectivity index (χ4n) is 1.61. The maximum atomic E-state index is 12.9. The number of hydrogen-bond acceptors (Lipinski definition) is 2. The Hall–Kier alpha value is -1.91. The smallest absolute Gasteiger partial charge is 0.308 e. The molecule has 0 aliphatic carbocycles. The lowest BCUT2D eigenvalue weighted by molar-refractivity contribution is -0.140. The number of benzene rings is 1. The van der Waals surface area contributed by atoms with Crippen LogP contribution in [0.5, 0.6) is 0 Å². The molecule has 0 saturated carbocycles. The summed E-state index contributed by atoms with van der Waals surface area (Å²) in [7, 11) is 0. The Balaban J connectivity index is 3.01. The fraction of sp³-hybridized carbons (Fsp3) is 0.429. The van der Waals surface area contributed by atoms with Gasteiger partial charge in [-0.3, -0.25) is 9.59 Å². The molecule has 1 rings (SSSR count). The van der Waals surface area contributed by atoms with Gasteiger partial charge in [0.15, 0.2) is 0 Å². The third-order valence-electron chi connectivity index (χ3n) is 2.78. The highest BCUT2D eigenvalue weighted by Gasteiger charge is 2.23. The van der Waals surface area contributed by atoms with E-state index in [4.69, 9.17) is 5.11 Å². The van der Waals surface area contributed by atoms with E-state index in [0.717, 1.165) is 0 Å². The zero-order valence-corrected chi connectivity index (χ0v) is 11.3. The molecule has 0 radical (unpaired) electrons. The molecule has 0 spiro atoms. The molecule has 1 N–H and O–H groups in total. The molecule has 0 aromatic heterocycles. The molecule has 1 aromatic carbocycles. The minimum atomic E-state index is -0.969. The van der Waals surface area contributed by atoms with Crippen molar-refractivity contribution in [3.05, 3.63) is 30.1 Å². The van der Waals surface area contributed by atoms with Crippen LogP contribution >= 0.6 is 0 Å². The van der Waals surface area contributed by atoms with Crippen molar-refractivity contribution in [1.82, 2.24) is 0 Å². The number of carboxylic acid groups (broad SMARTS) is 1. The zero-order valence-electron chi connectivity index (χ0n) is 11.3. The summed E-state index contributed by atoms with van der Waals surface area (Å²) in [5.74, 6) is -2.49. The summed E-state index contributed by atoms with van der Waals surface area (Å²) in [4.78, 5) is 24.4. The first kappa shape index (κ1) is 15.1. The van der Waals surface area contributed by atoms with E-state index in [-0.39, 0.29) is 18.4 Å². The molecule has 104 valence electrons. The van der Waals surface area contributed by atoms with Gasteiger partial charge in [0.25, 0.3) is 0 Å². The zero-order chi connectivity index (χ0) is 14.6. The first-order valence-electron chi connectivity index (χ1n) is 6.12. The van der Waals surface area contributed by atoms with Crippen molar-refractivity contribution < 1.29 is 19.1 Å². The van der Waals surface area contributed by atoms with E-state index >= 15 is 0 Å². The van der Waals surface area contributed by atoms with Gasteiger partial charge < -0.3 is 10.0 Å². The van der Waals surface area contributed by atoms with Crippen molar-refractivity contribution in [2.45, 2.75) is 20.8 Å². The minimum Gasteiger partial charge on any atom is -0.481 e. The van der Waals surface area contributed by atoms with Crippen LogP contribution in [0, 0.1) is 17.7 Å². The SMILES string of the molecule is CC(C)C(=O)N(CC(C)C(=O)O)c1ccc(F)cc1. The first-order chi connectivity index (χ1) is 8.82. The summed E-state index contributed by atoms with van der Waals surface area (Å²) in [5.41, 5.74) is 0.508. The molecule has 5 heteroatoms. The maximum absolute atomic E-state index is 12.9. The molecular weight excluding hydrogens is 249 g/mol. The summed E-state index contributed by atoms with van der Waals surface area (Å²) in [6.07, 6.45) is 0. The molecule has 0 saturated heterocycles. The predicted octanol–water partition coefficient (Wildman–Crippen LogP) is 2.54. The summed E-state index contributed by atoms with van der Waals surface area (Å²) in [6.45, 7) is 5.08. The molecule has 4 nitrogen and oxygen atoms in total. The van der Waals surface area contributed by atoms with Crippen molar-refractivity contribution in [2.24, 2.45) is 11.8 Å². The molecule has 0 bridgehead atoms. The number of carbonyl (C=O) groups is 2. The van der Waals surface area contributed by atoms with Crippen LogP contribution in [0.1, 0.15) is 20.8 Å². The van der Waals surface area contributed by atoms with E-state index in [0.29, 0.717) is 5.69 Å². The minimum absolute atomic E-state index is 0.0674. The predicted molar refractivity (Wildman–Crippen MR) is 70.4 cm³/mol. The number of carboxylic acids is 1. The highest BCUT2D eigenvalue weighted by molar-refractivity contribution is 5.95. The molecule has 0 heterocycles. The largest absolute Gasteiger partial charge is 0.481 e. The summed E-state index contributed by atoms with van der Waals surface area (Å²) < 4.78 is 12.9. The van der Waals surface area contributed by atoms with Crippen molar-refractivity contribution in [1.29, 1.82) is 0 Å². The van der Waals surface area contributed by atoms with Crippen LogP contribution in [0.4, 0.5) is 10.1 Å². The lowest BCUT2D eigenvalue weighted by Crippen LogP contribution is -2.39. The quantitative estimate of drug-likeness (QED) is 0.891. The normalized spacial score (nSPS) is 12.3. The average molecular weight is 267 g/mol. The van der Waals surface area contributed by atoms with Gasteiger partial charge in [0, 0.05) is 18.2 Å². The number of nitrogens with zero attached hydrogens (tertiary/aromatic N) is 1. The van der Waals surface area contributed by atoms with Gasteiger partial charge in [-0.25, -0.2) is 4.39 Å². The second kappa shape index (κ2) is 6.31. The summed E-state index contributed by atoms with van der Waals surface area (Å²) in [5, 5.41) is 8.94. The number of carbonyl (C=O) groups excluding carboxylic acids is 1. The molecule has 1 unspecified atom stereocenters. The Kier molecular flexibility index (Phi) is 5.03. The van der Waals surface area contributed by atoms with E-state index in [2.05, 4.69) is 0 Å². The Bertz CT molecular complexity index is 456. The fourth-order valence-corrected chi connectivity index (χ4v) is 1.61. The Morgan fingerprint density at radius 2 is 1.74 bits per heavy atom. The summed E-state index contributed by atoms with van der Waals surface area (Å²) >= 11 is 0. The molecular formula is C14H18FNO3. The van der Waals surface area contributed by atoms with Crippen LogP contribution in [-0.4, -0.2) is 23.5 Å². The van der Waals surface area contributed by atoms with E-state index in [9.17, 15) is 14.0 Å². The second-order valence-electron chi connectivity index (χ2n) is 4.82. The third-order valence-corrected chi connectivity index (χ3v) is 2.78. The van der Waals surface area contributed by atoms with Gasteiger partial charge in [-0.15, -0.1) is 0 Å². The molecule has 1 amide bonds. The standard InChI is InChI=1S/C14H18FNO3/c1-9(2)13(17)16(8-10(3)14(18)19)12-6-4-11(15)5-7-12/h4-7,9-10H,8H2,1-3H3,(H,18,19). The topological polar surface area (TPSA) is 57.6 Å². The molecule has 19 heavy (non-hydrogen) atoms. The Morgan fingerprint density at radius 3 is 2.16 bits per heavy atom. The van der Waals surface area contributed by atoms with Gasteiger partial charge in [-0.05, 0) is 24.3 Å². The third kappa shape index (κ3) is 4.05. The Labute approximate surface area is 111 Å². The molecule has 1 aromatic rings. The lowest BCUT2D eigenvalue weighted by atomic mass is 10.1. The number of halogens is 1. The van der Waals surface area contributed by atoms with Crippen LogP contribution in [0.15, 0.2) is 24.3 Å². The number of hydrogen-bond donors (Lipinski definition) is 1. The highest BCUT2D eigenvalue weighted by Crippen LogP contribution is 2.19. The average Bonchev–Trinajstić information content (AvgIpc) is 2.35. The van der Waals surface area contributed by atoms with Crippen molar-refractivity contribution in [2.75, 3.05) is 11.4 Å². The van der Waals surface area contributed by atoms with E-state index in [1.807, 2.05) is 0 Å². The lowest BCUT2D eigenvalue weighted by Gasteiger charge is -2.26. The van der Waals surface area contributed by atoms with Gasteiger partial charge in [0.1, 0.15) is 5.82 Å². The summed E-state index contributed by atoms with van der Waals surface area (Å²) in [6, 6.07) is 5.46. The second-order valence-corrected chi connectivity index (χ2v) is 4.82. The van der Waals surface area contributed by atoms with Gasteiger partial charge in [-0.1, -0.05) is 20.8 Å². The Morgan fingerprint density at radius 1 is 1.21 bits per heavy atom. The number of amides is 1. The van der Waals surface area contributed by atoms with E-state index in [1.54, 1.807) is 13.8 Å². The molecule has 0 aliphatic heterocycles. The van der Waals surface area contributed by atoms with Crippen LogP contribution in [0.2, 0.25) is 0 Å². The number of aliphatic carboxylic acids is 1. The van der Waals surface area contributed by atoms with Crippen LogP contribution in [0.3, 0.4) is 0 Å². The molecule has 0 fully saturated rings. The van der Waals surface area contributed by atoms with Crippen LogP contribution in [0.25, 0.3) is 0 Å². The van der Waals surface area contributed by atoms with Crippen molar-refractivity contribution in [3.8, 4) is 0 Å². The van der Waals surface area contributed by atoms with E-state index in [1.165, 1.54) is 36.1 Å². The molecule has 0 aliphatic rings. The monoisotopic (exact) mass is 267 g/mol. The van der Waals surface area contributed by atoms with Crippen molar-refractivity contribution in [3.63, 3.8) is 0 Å². The highest BCUT2D eigenvalue weighted by atomic mass is 19.1. The van der Waals surface area contributed by atoms with Crippen molar-refractivity contribution >= 4 is 17.6 Å². The number of rotatable bonds is 5. The maximum Gasteiger partial charge on any atom is 0.308 e. The first-order valence-corrected chi connectivity index (χ1v) is 6.12. The molecule has 1 atom stereocenters. The van der Waals surface area contributed by atoms with Gasteiger partial charge in [-0.2, -0.15) is 0 Å². The van der Waals surface area contributed by atoms with Gasteiger partial charge >= 0.3 is 5.97 Å². The number of anilines is 1.